The van der Waals surface area contributed by atoms with Gasteiger partial charge in [0.2, 0.25) is 0 Å². The summed E-state index contributed by atoms with van der Waals surface area (Å²) >= 11 is 5.40. The van der Waals surface area contributed by atoms with Gasteiger partial charge in [-0.2, -0.15) is 0 Å². The van der Waals surface area contributed by atoms with Crippen molar-refractivity contribution in [1.82, 2.24) is 10.6 Å². The molecule has 2 N–H and O–H groups in total. The Labute approximate surface area is 212 Å². The number of rotatable bonds is 7. The van der Waals surface area contributed by atoms with Crippen molar-refractivity contribution >= 4 is 17.4 Å². The third-order valence-electron chi connectivity index (χ3n) is 6.69. The van der Waals surface area contributed by atoms with Gasteiger partial charge in [-0.1, -0.05) is 96.1 Å². The number of thiocarbonyl (C=S) groups is 1. The van der Waals surface area contributed by atoms with Crippen molar-refractivity contribution in [3.8, 4) is 0 Å². The Morgan fingerprint density at radius 2 is 1.50 bits per heavy atom. The van der Waals surface area contributed by atoms with E-state index in [-0.39, 0.29) is 28.9 Å². The summed E-state index contributed by atoms with van der Waals surface area (Å²) in [5, 5.41) is 7.39. The lowest BCUT2D eigenvalue weighted by Crippen LogP contribution is -2.30. The first-order valence-electron chi connectivity index (χ1n) is 12.5. The second kappa shape index (κ2) is 11.0. The largest absolute Gasteiger partial charge is 0.466 e. The van der Waals surface area contributed by atoms with Crippen LogP contribution in [0.15, 0.2) is 61.2 Å². The minimum absolute atomic E-state index is 0.0685. The fourth-order valence-electron chi connectivity index (χ4n) is 4.58. The molecule has 34 heavy (non-hydrogen) atoms. The van der Waals surface area contributed by atoms with E-state index in [1.807, 2.05) is 6.08 Å². The van der Waals surface area contributed by atoms with Gasteiger partial charge in [0, 0.05) is 31.5 Å². The van der Waals surface area contributed by atoms with Crippen molar-refractivity contribution in [3.63, 3.8) is 0 Å². The SMILES string of the molecule is C=CCCNC(=S)O[C@H]1CN[C@@H](C(c2ccc(C(C)(C)C)cc2)c2ccc(C(C)(C)C)cc2)C1. The molecule has 3 nitrogen and oxygen atoms in total. The van der Waals surface area contributed by atoms with E-state index in [9.17, 15) is 0 Å². The number of benzene rings is 2. The van der Waals surface area contributed by atoms with Crippen LogP contribution in [0.25, 0.3) is 0 Å². The Morgan fingerprint density at radius 1 is 1.00 bits per heavy atom. The van der Waals surface area contributed by atoms with Crippen LogP contribution in [0.5, 0.6) is 0 Å². The van der Waals surface area contributed by atoms with E-state index >= 15 is 0 Å². The van der Waals surface area contributed by atoms with Crippen LogP contribution < -0.4 is 10.6 Å². The smallest absolute Gasteiger partial charge is 0.256 e. The van der Waals surface area contributed by atoms with Crippen LogP contribution in [0.4, 0.5) is 0 Å². The van der Waals surface area contributed by atoms with Gasteiger partial charge in [-0.05, 0) is 51.7 Å². The predicted octanol–water partition coefficient (Wildman–Crippen LogP) is 6.61. The first kappa shape index (κ1) is 26.4. The molecule has 184 valence electrons. The third kappa shape index (κ3) is 6.93. The summed E-state index contributed by atoms with van der Waals surface area (Å²) in [6, 6.07) is 18.6. The van der Waals surface area contributed by atoms with Gasteiger partial charge in [0.05, 0.1) is 0 Å². The van der Waals surface area contributed by atoms with Gasteiger partial charge >= 0.3 is 0 Å². The molecule has 1 saturated heterocycles. The molecule has 2 aromatic rings. The second-order valence-corrected chi connectivity index (χ2v) is 11.9. The van der Waals surface area contributed by atoms with Crippen LogP contribution in [-0.4, -0.2) is 30.4 Å². The molecule has 0 unspecified atom stereocenters. The Hall–Kier alpha value is -2.17. The number of nitrogens with one attached hydrogen (secondary N) is 2. The zero-order valence-electron chi connectivity index (χ0n) is 21.8. The molecule has 1 aliphatic heterocycles. The van der Waals surface area contributed by atoms with E-state index in [0.29, 0.717) is 5.17 Å². The van der Waals surface area contributed by atoms with E-state index in [2.05, 4.69) is 107 Å². The average Bonchev–Trinajstić information content (AvgIpc) is 3.21. The lowest BCUT2D eigenvalue weighted by Gasteiger charge is -2.27. The summed E-state index contributed by atoms with van der Waals surface area (Å²) in [6.45, 7) is 18.9. The third-order valence-corrected chi connectivity index (χ3v) is 6.93. The minimum Gasteiger partial charge on any atom is -0.466 e. The molecule has 0 radical (unpaired) electrons. The average molecular weight is 479 g/mol. The monoisotopic (exact) mass is 478 g/mol. The van der Waals surface area contributed by atoms with Crippen molar-refractivity contribution in [2.75, 3.05) is 13.1 Å². The van der Waals surface area contributed by atoms with E-state index in [4.69, 9.17) is 17.0 Å². The lowest BCUT2D eigenvalue weighted by atomic mass is 9.80. The molecular weight excluding hydrogens is 436 g/mol. The maximum Gasteiger partial charge on any atom is 0.256 e. The fourth-order valence-corrected chi connectivity index (χ4v) is 4.82. The van der Waals surface area contributed by atoms with E-state index in [1.54, 1.807) is 0 Å². The summed E-state index contributed by atoms with van der Waals surface area (Å²) in [7, 11) is 0. The van der Waals surface area contributed by atoms with Gasteiger partial charge < -0.3 is 15.4 Å². The van der Waals surface area contributed by atoms with Gasteiger partial charge in [0.15, 0.2) is 0 Å². The predicted molar refractivity (Wildman–Crippen MR) is 149 cm³/mol. The normalized spacial score (nSPS) is 18.7. The van der Waals surface area contributed by atoms with Crippen LogP contribution >= 0.6 is 12.2 Å². The summed E-state index contributed by atoms with van der Waals surface area (Å²) in [6.07, 6.45) is 3.73. The molecule has 0 aliphatic carbocycles. The van der Waals surface area contributed by atoms with Crippen molar-refractivity contribution < 1.29 is 4.74 Å². The number of hydrogen-bond acceptors (Lipinski definition) is 3. The number of ether oxygens (including phenoxy) is 1. The molecule has 0 spiro atoms. The second-order valence-electron chi connectivity index (χ2n) is 11.5. The molecule has 1 heterocycles. The molecule has 3 rings (SSSR count). The maximum absolute atomic E-state index is 6.06. The Bertz CT molecular complexity index is 894. The minimum atomic E-state index is 0.0685. The van der Waals surface area contributed by atoms with Crippen LogP contribution in [0.1, 0.15) is 82.6 Å². The van der Waals surface area contributed by atoms with E-state index in [0.717, 1.165) is 25.9 Å². The van der Waals surface area contributed by atoms with Gasteiger partial charge in [-0.3, -0.25) is 0 Å². The summed E-state index contributed by atoms with van der Waals surface area (Å²) < 4.78 is 6.06. The zero-order valence-corrected chi connectivity index (χ0v) is 22.6. The maximum atomic E-state index is 6.06. The summed E-state index contributed by atoms with van der Waals surface area (Å²) in [5.41, 5.74) is 5.66. The van der Waals surface area contributed by atoms with Crippen molar-refractivity contribution in [1.29, 1.82) is 0 Å². The van der Waals surface area contributed by atoms with Gasteiger partial charge in [-0.25, -0.2) is 0 Å². The van der Waals surface area contributed by atoms with E-state index in [1.165, 1.54) is 22.3 Å². The summed E-state index contributed by atoms with van der Waals surface area (Å²) in [5.74, 6) is 0.249. The lowest BCUT2D eigenvalue weighted by molar-refractivity contribution is 0.202. The molecule has 4 heteroatoms. The van der Waals surface area contributed by atoms with Crippen LogP contribution in [0, 0.1) is 0 Å². The molecule has 0 aromatic heterocycles. The molecule has 0 saturated carbocycles. The van der Waals surface area contributed by atoms with Crippen LogP contribution in [0.3, 0.4) is 0 Å². The van der Waals surface area contributed by atoms with Crippen LogP contribution in [-0.2, 0) is 15.6 Å². The van der Waals surface area contributed by atoms with Gasteiger partial charge in [-0.15, -0.1) is 6.58 Å². The number of hydrogen-bond donors (Lipinski definition) is 2. The molecule has 1 fully saturated rings. The van der Waals surface area contributed by atoms with Gasteiger partial charge in [0.1, 0.15) is 6.10 Å². The first-order valence-corrected chi connectivity index (χ1v) is 12.9. The fraction of sp³-hybridized carbons (Fsp3) is 0.500. The van der Waals surface area contributed by atoms with Gasteiger partial charge in [0.25, 0.3) is 5.17 Å². The Balaban J connectivity index is 1.83. The van der Waals surface area contributed by atoms with Crippen molar-refractivity contribution in [3.05, 3.63) is 83.4 Å². The highest BCUT2D eigenvalue weighted by Crippen LogP contribution is 2.35. The highest BCUT2D eigenvalue weighted by Gasteiger charge is 2.34. The molecule has 0 amide bonds. The highest BCUT2D eigenvalue weighted by atomic mass is 32.1. The van der Waals surface area contributed by atoms with E-state index < -0.39 is 0 Å². The molecule has 2 atom stereocenters. The standard InChI is InChI=1S/C30H42N2OS/c1-8-9-18-31-28(34)33-25-19-26(32-20-25)27(21-10-14-23(15-11-21)29(2,3)4)22-12-16-24(17-13-22)30(5,6)7/h8,10-17,25-27,32H,1,9,18-20H2,2-7H3,(H,31,34)/t25-,26-/m1/s1. The molecule has 1 aliphatic rings. The quantitative estimate of drug-likeness (QED) is 0.266. The Kier molecular flexibility index (Phi) is 8.59. The van der Waals surface area contributed by atoms with Crippen LogP contribution in [0.2, 0.25) is 0 Å². The first-order chi connectivity index (χ1) is 16.0. The molecule has 0 bridgehead atoms. The summed E-state index contributed by atoms with van der Waals surface area (Å²) in [4.78, 5) is 0. The molecular formula is C30H42N2OS. The zero-order chi connectivity index (χ0) is 24.9. The molecule has 2 aromatic carbocycles. The van der Waals surface area contributed by atoms with Crippen molar-refractivity contribution in [2.45, 2.75) is 83.3 Å². The topological polar surface area (TPSA) is 33.3 Å². The van der Waals surface area contributed by atoms with Crippen molar-refractivity contribution in [2.24, 2.45) is 0 Å². The Morgan fingerprint density at radius 3 is 1.94 bits per heavy atom. The highest BCUT2D eigenvalue weighted by molar-refractivity contribution is 7.80.